The maximum Gasteiger partial charge on any atom is 0.321 e. The van der Waals surface area contributed by atoms with E-state index in [2.05, 4.69) is 15.3 Å². The highest BCUT2D eigenvalue weighted by molar-refractivity contribution is 5.89. The minimum absolute atomic E-state index is 0.0927. The van der Waals surface area contributed by atoms with Gasteiger partial charge in [-0.05, 0) is 57.0 Å². The van der Waals surface area contributed by atoms with Gasteiger partial charge in [-0.2, -0.15) is 0 Å². The normalized spacial score (nSPS) is 14.4. The molecule has 1 aliphatic rings. The largest absolute Gasteiger partial charge is 0.493 e. The zero-order valence-electron chi connectivity index (χ0n) is 19.5. The number of hydrogen-bond donors (Lipinski definition) is 1. The van der Waals surface area contributed by atoms with Gasteiger partial charge in [0.25, 0.3) is 0 Å². The molecule has 1 N–H and O–H groups in total. The number of piperidine rings is 1. The third-order valence-corrected chi connectivity index (χ3v) is 5.82. The van der Waals surface area contributed by atoms with Crippen LogP contribution in [0, 0.1) is 0 Å². The summed E-state index contributed by atoms with van der Waals surface area (Å²) in [5.41, 5.74) is 2.56. The molecule has 1 aromatic heterocycles. The highest BCUT2D eigenvalue weighted by atomic mass is 16.5. The fourth-order valence-corrected chi connectivity index (χ4v) is 4.18. The number of urea groups is 1. The van der Waals surface area contributed by atoms with Crippen molar-refractivity contribution < 1.29 is 19.0 Å². The highest BCUT2D eigenvalue weighted by Gasteiger charge is 2.26. The lowest BCUT2D eigenvalue weighted by molar-refractivity contribution is 0.194. The summed E-state index contributed by atoms with van der Waals surface area (Å²) in [6.07, 6.45) is 3.36. The molecule has 0 atom stereocenters. The van der Waals surface area contributed by atoms with Gasteiger partial charge in [-0.3, -0.25) is 0 Å². The summed E-state index contributed by atoms with van der Waals surface area (Å²) in [7, 11) is 3.23. The van der Waals surface area contributed by atoms with Crippen molar-refractivity contribution >= 4 is 22.6 Å². The van der Waals surface area contributed by atoms with Crippen LogP contribution in [0.15, 0.2) is 42.7 Å². The molecule has 2 amide bonds. The van der Waals surface area contributed by atoms with Gasteiger partial charge in [-0.15, -0.1) is 0 Å². The van der Waals surface area contributed by atoms with Crippen LogP contribution in [0.2, 0.25) is 0 Å². The van der Waals surface area contributed by atoms with Crippen LogP contribution in [0.1, 0.15) is 38.3 Å². The Morgan fingerprint density at radius 1 is 1.03 bits per heavy atom. The van der Waals surface area contributed by atoms with Gasteiger partial charge >= 0.3 is 6.03 Å². The number of methoxy groups -OCH3 is 2. The topological polar surface area (TPSA) is 85.8 Å². The zero-order valence-corrected chi connectivity index (χ0v) is 19.5. The average Bonchev–Trinajstić information content (AvgIpc) is 2.83. The van der Waals surface area contributed by atoms with Crippen LogP contribution >= 0.6 is 0 Å². The van der Waals surface area contributed by atoms with Crippen molar-refractivity contribution in [2.75, 3.05) is 32.6 Å². The monoisotopic (exact) mass is 450 g/mol. The maximum atomic E-state index is 12.8. The number of anilines is 1. The molecule has 1 saturated heterocycles. The number of ether oxygens (including phenoxy) is 3. The fraction of sp³-hybridized carbons (Fsp3) is 0.400. The Hall–Kier alpha value is -3.55. The van der Waals surface area contributed by atoms with Crippen molar-refractivity contribution in [3.8, 4) is 17.2 Å². The standard InChI is InChI=1S/C25H30N4O4/c1-16(2)33-19-7-5-18(6-8-19)28-25(30)29-11-9-17(10-12-29)24-20-13-22(31-3)23(32-4)14-21(20)26-15-27-24/h5-8,13-17H,9-12H2,1-4H3,(H,28,30). The summed E-state index contributed by atoms with van der Waals surface area (Å²) < 4.78 is 16.5. The second kappa shape index (κ2) is 9.94. The molecule has 0 saturated carbocycles. The minimum Gasteiger partial charge on any atom is -0.493 e. The first-order valence-electron chi connectivity index (χ1n) is 11.2. The minimum atomic E-state index is -0.0927. The molecular formula is C25H30N4O4. The first-order chi connectivity index (χ1) is 16.0. The molecule has 0 aliphatic carbocycles. The molecule has 1 aliphatic heterocycles. The number of hydrogen-bond acceptors (Lipinski definition) is 6. The van der Waals surface area contributed by atoms with Gasteiger partial charge in [0.15, 0.2) is 11.5 Å². The van der Waals surface area contributed by atoms with Crippen molar-refractivity contribution in [2.24, 2.45) is 0 Å². The maximum absolute atomic E-state index is 12.8. The van der Waals surface area contributed by atoms with E-state index in [1.807, 2.05) is 55.1 Å². The van der Waals surface area contributed by atoms with Crippen LogP contribution in [0.25, 0.3) is 10.9 Å². The molecule has 1 fully saturated rings. The summed E-state index contributed by atoms with van der Waals surface area (Å²) in [5.74, 6) is 2.33. The number of carbonyl (C=O) groups is 1. The van der Waals surface area contributed by atoms with Crippen LogP contribution in [-0.4, -0.2) is 54.3 Å². The number of nitrogens with zero attached hydrogens (tertiary/aromatic N) is 3. The van der Waals surface area contributed by atoms with E-state index >= 15 is 0 Å². The Morgan fingerprint density at radius 3 is 2.33 bits per heavy atom. The second-order valence-corrected chi connectivity index (χ2v) is 8.37. The number of carbonyl (C=O) groups excluding carboxylic acids is 1. The van der Waals surface area contributed by atoms with E-state index in [1.54, 1.807) is 20.5 Å². The number of nitrogens with one attached hydrogen (secondary N) is 1. The van der Waals surface area contributed by atoms with Crippen LogP contribution < -0.4 is 19.5 Å². The third-order valence-electron chi connectivity index (χ3n) is 5.82. The average molecular weight is 451 g/mol. The van der Waals surface area contributed by atoms with Crippen LogP contribution in [-0.2, 0) is 0 Å². The van der Waals surface area contributed by atoms with E-state index in [-0.39, 0.29) is 18.1 Å². The first-order valence-corrected chi connectivity index (χ1v) is 11.2. The summed E-state index contributed by atoms with van der Waals surface area (Å²) in [4.78, 5) is 23.6. The van der Waals surface area contributed by atoms with Gasteiger partial charge in [0.1, 0.15) is 12.1 Å². The van der Waals surface area contributed by atoms with Crippen molar-refractivity contribution in [3.05, 3.63) is 48.4 Å². The Bertz CT molecular complexity index is 1110. The van der Waals surface area contributed by atoms with Gasteiger partial charge in [0, 0.05) is 36.1 Å². The zero-order chi connectivity index (χ0) is 23.4. The number of aromatic nitrogens is 2. The SMILES string of the molecule is COc1cc2ncnc(C3CCN(C(=O)Nc4ccc(OC(C)C)cc4)CC3)c2cc1OC. The molecule has 174 valence electrons. The van der Waals surface area contributed by atoms with E-state index in [9.17, 15) is 4.79 Å². The van der Waals surface area contributed by atoms with Gasteiger partial charge in [-0.1, -0.05) is 0 Å². The fourth-order valence-electron chi connectivity index (χ4n) is 4.18. The Balaban J connectivity index is 1.41. The summed E-state index contributed by atoms with van der Waals surface area (Å²) >= 11 is 0. The lowest BCUT2D eigenvalue weighted by Gasteiger charge is -2.32. The van der Waals surface area contributed by atoms with Gasteiger partial charge in [-0.25, -0.2) is 14.8 Å². The molecule has 2 aromatic carbocycles. The second-order valence-electron chi connectivity index (χ2n) is 8.37. The predicted molar refractivity (Wildman–Crippen MR) is 127 cm³/mol. The smallest absolute Gasteiger partial charge is 0.321 e. The van der Waals surface area contributed by atoms with Gasteiger partial charge in [0.05, 0.1) is 31.5 Å². The first kappa shape index (κ1) is 22.6. The summed E-state index contributed by atoms with van der Waals surface area (Å²) in [6, 6.07) is 11.2. The molecule has 0 radical (unpaired) electrons. The van der Waals surface area contributed by atoms with Crippen LogP contribution in [0.4, 0.5) is 10.5 Å². The van der Waals surface area contributed by atoms with Gasteiger partial charge in [0.2, 0.25) is 0 Å². The molecular weight excluding hydrogens is 420 g/mol. The number of likely N-dealkylation sites (tertiary alicyclic amines) is 1. The molecule has 0 unspecified atom stereocenters. The van der Waals surface area contributed by atoms with Crippen LogP contribution in [0.5, 0.6) is 17.2 Å². The Labute approximate surface area is 193 Å². The molecule has 4 rings (SSSR count). The lowest BCUT2D eigenvalue weighted by atomic mass is 9.91. The number of rotatable bonds is 6. The Morgan fingerprint density at radius 2 is 1.70 bits per heavy atom. The highest BCUT2D eigenvalue weighted by Crippen LogP contribution is 2.36. The molecule has 3 aromatic rings. The molecule has 0 bridgehead atoms. The van der Waals surface area contributed by atoms with Crippen molar-refractivity contribution in [1.82, 2.24) is 14.9 Å². The summed E-state index contributed by atoms with van der Waals surface area (Å²) in [6.45, 7) is 5.28. The summed E-state index contributed by atoms with van der Waals surface area (Å²) in [5, 5.41) is 3.94. The van der Waals surface area contributed by atoms with E-state index in [4.69, 9.17) is 14.2 Å². The molecule has 8 nitrogen and oxygen atoms in total. The van der Waals surface area contributed by atoms with Gasteiger partial charge < -0.3 is 24.4 Å². The Kier molecular flexibility index (Phi) is 6.82. The quantitative estimate of drug-likeness (QED) is 0.578. The van der Waals surface area contributed by atoms with Crippen molar-refractivity contribution in [1.29, 1.82) is 0 Å². The van der Waals surface area contributed by atoms with E-state index in [0.29, 0.717) is 24.6 Å². The lowest BCUT2D eigenvalue weighted by Crippen LogP contribution is -2.40. The molecule has 8 heteroatoms. The van der Waals surface area contributed by atoms with E-state index < -0.39 is 0 Å². The van der Waals surface area contributed by atoms with Crippen LogP contribution in [0.3, 0.4) is 0 Å². The predicted octanol–water partition coefficient (Wildman–Crippen LogP) is 4.85. The molecule has 0 spiro atoms. The molecule has 2 heterocycles. The molecule has 33 heavy (non-hydrogen) atoms. The van der Waals surface area contributed by atoms with E-state index in [0.717, 1.165) is 40.9 Å². The van der Waals surface area contributed by atoms with E-state index in [1.165, 1.54) is 0 Å². The third kappa shape index (κ3) is 5.10. The number of fused-ring (bicyclic) bond motifs is 1. The van der Waals surface area contributed by atoms with Crippen molar-refractivity contribution in [3.63, 3.8) is 0 Å². The number of amides is 2. The van der Waals surface area contributed by atoms with Crippen molar-refractivity contribution in [2.45, 2.75) is 38.7 Å². The number of benzene rings is 2.